The number of aryl methyl sites for hydroxylation is 1. The summed E-state index contributed by atoms with van der Waals surface area (Å²) in [5.74, 6) is 0.959. The predicted octanol–water partition coefficient (Wildman–Crippen LogP) is 2.00. The number of aliphatic hydroxyl groups excluding tert-OH is 1. The SMILES string of the molecule is COc1ccc2c3c(n(C)c2c1)[C@@H](CO)N(C(=O)C1CCOCC1)CC31CN(C(=O)C2CCOCC2)C1. The van der Waals surface area contributed by atoms with Gasteiger partial charge in [-0.15, -0.1) is 0 Å². The van der Waals surface area contributed by atoms with Crippen molar-refractivity contribution >= 4 is 22.7 Å². The summed E-state index contributed by atoms with van der Waals surface area (Å²) in [5.41, 5.74) is 2.78. The first-order valence-corrected chi connectivity index (χ1v) is 13.5. The maximum absolute atomic E-state index is 13.9. The Morgan fingerprint density at radius 3 is 2.22 bits per heavy atom. The van der Waals surface area contributed by atoms with E-state index in [9.17, 15) is 14.7 Å². The maximum atomic E-state index is 13.9. The van der Waals surface area contributed by atoms with E-state index < -0.39 is 6.04 Å². The highest BCUT2D eigenvalue weighted by Crippen LogP contribution is 2.50. The van der Waals surface area contributed by atoms with Crippen LogP contribution in [0.5, 0.6) is 5.75 Å². The Labute approximate surface area is 217 Å². The Hall–Kier alpha value is -2.62. The van der Waals surface area contributed by atoms with E-state index in [0.717, 1.165) is 35.2 Å². The molecule has 0 bridgehead atoms. The lowest BCUT2D eigenvalue weighted by Gasteiger charge is -2.57. The second-order valence-corrected chi connectivity index (χ2v) is 11.1. The van der Waals surface area contributed by atoms with Gasteiger partial charge < -0.3 is 33.7 Å². The highest BCUT2D eigenvalue weighted by atomic mass is 16.5. The van der Waals surface area contributed by atoms with Crippen LogP contribution < -0.4 is 4.74 Å². The van der Waals surface area contributed by atoms with Gasteiger partial charge in [-0.2, -0.15) is 0 Å². The summed E-state index contributed by atoms with van der Waals surface area (Å²) < 4.78 is 18.6. The number of ether oxygens (including phenoxy) is 3. The number of benzene rings is 1. The molecule has 4 aliphatic heterocycles. The van der Waals surface area contributed by atoms with E-state index in [0.29, 0.717) is 58.9 Å². The lowest BCUT2D eigenvalue weighted by Crippen LogP contribution is -2.69. The van der Waals surface area contributed by atoms with E-state index >= 15 is 0 Å². The van der Waals surface area contributed by atoms with Crippen molar-refractivity contribution < 1.29 is 28.9 Å². The molecule has 2 amide bonds. The minimum atomic E-state index is -0.431. The Morgan fingerprint density at radius 1 is 1.00 bits per heavy atom. The van der Waals surface area contributed by atoms with Crippen LogP contribution in [0.2, 0.25) is 0 Å². The predicted molar refractivity (Wildman–Crippen MR) is 136 cm³/mol. The summed E-state index contributed by atoms with van der Waals surface area (Å²) in [5, 5.41) is 11.7. The second kappa shape index (κ2) is 9.60. The number of nitrogens with zero attached hydrogens (tertiary/aromatic N) is 3. The number of carbonyl (C=O) groups is 2. The summed E-state index contributed by atoms with van der Waals surface area (Å²) in [7, 11) is 3.66. The van der Waals surface area contributed by atoms with E-state index in [1.807, 2.05) is 29.0 Å². The van der Waals surface area contributed by atoms with Gasteiger partial charge in [0, 0.05) is 82.1 Å². The van der Waals surface area contributed by atoms with Crippen LogP contribution in [-0.4, -0.2) is 91.1 Å². The van der Waals surface area contributed by atoms with E-state index in [1.54, 1.807) is 7.11 Å². The third kappa shape index (κ3) is 3.94. The number of rotatable bonds is 4. The molecule has 1 aromatic heterocycles. The average molecular weight is 512 g/mol. The monoisotopic (exact) mass is 511 g/mol. The molecule has 9 nitrogen and oxygen atoms in total. The van der Waals surface area contributed by atoms with Crippen LogP contribution in [-0.2, 0) is 31.5 Å². The molecule has 0 radical (unpaired) electrons. The zero-order valence-corrected chi connectivity index (χ0v) is 21.8. The molecule has 4 aliphatic rings. The molecular weight excluding hydrogens is 474 g/mol. The Balaban J connectivity index is 1.41. The highest BCUT2D eigenvalue weighted by molar-refractivity contribution is 5.91. The van der Waals surface area contributed by atoms with Crippen molar-refractivity contribution in [2.75, 3.05) is 59.8 Å². The number of likely N-dealkylation sites (tertiary alicyclic amines) is 1. The Kier molecular flexibility index (Phi) is 6.41. The normalized spacial score (nSPS) is 24.2. The molecule has 3 saturated heterocycles. The molecule has 5 heterocycles. The van der Waals surface area contributed by atoms with Gasteiger partial charge in [-0.1, -0.05) is 0 Å². The van der Waals surface area contributed by atoms with Gasteiger partial charge in [0.15, 0.2) is 0 Å². The number of amides is 2. The number of methoxy groups -OCH3 is 1. The molecule has 9 heteroatoms. The van der Waals surface area contributed by atoms with Crippen LogP contribution in [0.1, 0.15) is 43.0 Å². The molecule has 3 fully saturated rings. The van der Waals surface area contributed by atoms with E-state index in [1.165, 1.54) is 5.56 Å². The molecule has 1 aromatic carbocycles. The van der Waals surface area contributed by atoms with Gasteiger partial charge in [0.25, 0.3) is 0 Å². The van der Waals surface area contributed by atoms with Crippen molar-refractivity contribution in [2.45, 2.75) is 37.1 Å². The van der Waals surface area contributed by atoms with E-state index in [-0.39, 0.29) is 35.7 Å². The summed E-state index contributed by atoms with van der Waals surface area (Å²) in [6.45, 7) is 3.96. The molecule has 0 aliphatic carbocycles. The van der Waals surface area contributed by atoms with E-state index in [2.05, 4.69) is 10.6 Å². The molecule has 6 rings (SSSR count). The zero-order chi connectivity index (χ0) is 25.7. The quantitative estimate of drug-likeness (QED) is 0.675. The van der Waals surface area contributed by atoms with Gasteiger partial charge in [0.2, 0.25) is 11.8 Å². The van der Waals surface area contributed by atoms with Crippen molar-refractivity contribution in [3.63, 3.8) is 0 Å². The molecule has 1 spiro atoms. The largest absolute Gasteiger partial charge is 0.497 e. The van der Waals surface area contributed by atoms with Crippen molar-refractivity contribution in [1.82, 2.24) is 14.4 Å². The standard InChI is InChI=1S/C28H37N3O6/c1-29-22-13-20(35-2)3-4-21(22)24-25(29)23(14-32)31(27(34)19-7-11-37-12-8-19)17-28(24)15-30(16-28)26(33)18-5-9-36-10-6-18/h3-4,13,18-19,23,32H,5-12,14-17H2,1-2H3/t23-/m1/s1. The van der Waals surface area contributed by atoms with Crippen LogP contribution in [0.15, 0.2) is 18.2 Å². The van der Waals surface area contributed by atoms with Gasteiger partial charge in [-0.25, -0.2) is 0 Å². The highest BCUT2D eigenvalue weighted by Gasteiger charge is 2.56. The summed E-state index contributed by atoms with van der Waals surface area (Å²) in [4.78, 5) is 31.1. The summed E-state index contributed by atoms with van der Waals surface area (Å²) in [6.07, 6.45) is 2.94. The maximum Gasteiger partial charge on any atom is 0.226 e. The minimum Gasteiger partial charge on any atom is -0.497 e. The van der Waals surface area contributed by atoms with Gasteiger partial charge in [-0.05, 0) is 43.4 Å². The van der Waals surface area contributed by atoms with Gasteiger partial charge in [0.1, 0.15) is 5.75 Å². The van der Waals surface area contributed by atoms with Crippen molar-refractivity contribution in [3.8, 4) is 5.75 Å². The third-order valence-electron chi connectivity index (χ3n) is 9.04. The van der Waals surface area contributed by atoms with Crippen molar-refractivity contribution in [1.29, 1.82) is 0 Å². The number of hydrogen-bond acceptors (Lipinski definition) is 6. The molecular formula is C28H37N3O6. The smallest absolute Gasteiger partial charge is 0.226 e. The number of fused-ring (bicyclic) bond motifs is 4. The molecule has 1 N–H and O–H groups in total. The fourth-order valence-corrected chi connectivity index (χ4v) is 7.07. The molecule has 1 atom stereocenters. The Morgan fingerprint density at radius 2 is 1.62 bits per heavy atom. The lowest BCUT2D eigenvalue weighted by molar-refractivity contribution is -0.153. The number of aliphatic hydroxyl groups is 1. The van der Waals surface area contributed by atoms with Gasteiger partial charge >= 0.3 is 0 Å². The minimum absolute atomic E-state index is 0.0103. The fourth-order valence-electron chi connectivity index (χ4n) is 7.07. The summed E-state index contributed by atoms with van der Waals surface area (Å²) in [6, 6.07) is 5.64. The van der Waals surface area contributed by atoms with Gasteiger partial charge in [-0.3, -0.25) is 9.59 Å². The van der Waals surface area contributed by atoms with E-state index in [4.69, 9.17) is 14.2 Å². The van der Waals surface area contributed by atoms with Crippen LogP contribution in [0.25, 0.3) is 10.9 Å². The number of aromatic nitrogens is 1. The van der Waals surface area contributed by atoms with Crippen LogP contribution in [0, 0.1) is 11.8 Å². The number of hydrogen-bond donors (Lipinski definition) is 1. The van der Waals surface area contributed by atoms with Crippen molar-refractivity contribution in [2.24, 2.45) is 18.9 Å². The second-order valence-electron chi connectivity index (χ2n) is 11.1. The van der Waals surface area contributed by atoms with Crippen LogP contribution in [0.3, 0.4) is 0 Å². The Bertz CT molecular complexity index is 1190. The first kappa shape index (κ1) is 24.7. The fraction of sp³-hybridized carbons (Fsp3) is 0.643. The molecule has 37 heavy (non-hydrogen) atoms. The van der Waals surface area contributed by atoms with Crippen LogP contribution in [0.4, 0.5) is 0 Å². The first-order valence-electron chi connectivity index (χ1n) is 13.5. The molecule has 200 valence electrons. The first-order chi connectivity index (χ1) is 18.0. The van der Waals surface area contributed by atoms with Crippen molar-refractivity contribution in [3.05, 3.63) is 29.5 Å². The topological polar surface area (TPSA) is 93.5 Å². The molecule has 0 saturated carbocycles. The van der Waals surface area contributed by atoms with Gasteiger partial charge in [0.05, 0.1) is 30.7 Å². The molecule has 0 unspecified atom stereocenters. The zero-order valence-electron chi connectivity index (χ0n) is 21.8. The third-order valence-corrected chi connectivity index (χ3v) is 9.04. The average Bonchev–Trinajstić information content (AvgIpc) is 3.23. The van der Waals surface area contributed by atoms with Crippen LogP contribution >= 0.6 is 0 Å². The lowest BCUT2D eigenvalue weighted by atomic mass is 9.68. The molecule has 2 aromatic rings. The summed E-state index contributed by atoms with van der Waals surface area (Å²) >= 11 is 0. The number of carbonyl (C=O) groups excluding carboxylic acids is 2.